The van der Waals surface area contributed by atoms with Gasteiger partial charge in [-0.05, 0) is 75.4 Å². The molecule has 0 fully saturated rings. The molecule has 3 aromatic carbocycles. The van der Waals surface area contributed by atoms with Gasteiger partial charge in [0.15, 0.2) is 0 Å². The van der Waals surface area contributed by atoms with Crippen molar-refractivity contribution in [1.29, 1.82) is 5.26 Å². The SMILES string of the molecule is Cc1ccccc1NC(=O)C(c1cccc(C)c1C)N(CC#N)C(=O)C(Cc1ccccc1)NC(=O)OC(C)(C)C. The molecule has 8 heteroatoms. The highest BCUT2D eigenvalue weighted by atomic mass is 16.6. The van der Waals surface area contributed by atoms with Gasteiger partial charge in [-0.1, -0.05) is 66.7 Å². The van der Waals surface area contributed by atoms with Gasteiger partial charge in [-0.2, -0.15) is 5.26 Å². The number of hydrogen-bond acceptors (Lipinski definition) is 5. The lowest BCUT2D eigenvalue weighted by molar-refractivity contribution is -0.140. The van der Waals surface area contributed by atoms with E-state index in [-0.39, 0.29) is 13.0 Å². The van der Waals surface area contributed by atoms with E-state index in [4.69, 9.17) is 4.74 Å². The van der Waals surface area contributed by atoms with Crippen LogP contribution in [-0.4, -0.2) is 41.0 Å². The molecule has 2 unspecified atom stereocenters. The molecule has 2 N–H and O–H groups in total. The van der Waals surface area contributed by atoms with Gasteiger partial charge in [-0.3, -0.25) is 9.59 Å². The van der Waals surface area contributed by atoms with Gasteiger partial charge in [0.2, 0.25) is 5.91 Å². The molecule has 0 aromatic heterocycles. The van der Waals surface area contributed by atoms with Crippen LogP contribution in [0.4, 0.5) is 10.5 Å². The van der Waals surface area contributed by atoms with E-state index >= 15 is 0 Å². The summed E-state index contributed by atoms with van der Waals surface area (Å²) >= 11 is 0. The second kappa shape index (κ2) is 13.6. The maximum atomic E-state index is 14.3. The molecular formula is C33H38N4O4. The summed E-state index contributed by atoms with van der Waals surface area (Å²) < 4.78 is 5.45. The Labute approximate surface area is 242 Å². The van der Waals surface area contributed by atoms with Crippen molar-refractivity contribution in [3.8, 4) is 6.07 Å². The minimum absolute atomic E-state index is 0.139. The van der Waals surface area contributed by atoms with Gasteiger partial charge in [0, 0.05) is 12.1 Å². The Kier molecular flexibility index (Phi) is 10.3. The minimum Gasteiger partial charge on any atom is -0.444 e. The topological polar surface area (TPSA) is 112 Å². The van der Waals surface area contributed by atoms with Crippen molar-refractivity contribution >= 4 is 23.6 Å². The quantitative estimate of drug-likeness (QED) is 0.326. The molecule has 0 bridgehead atoms. The summed E-state index contributed by atoms with van der Waals surface area (Å²) in [6, 6.07) is 21.9. The van der Waals surface area contributed by atoms with Crippen LogP contribution in [0.15, 0.2) is 72.8 Å². The maximum Gasteiger partial charge on any atom is 0.408 e. The van der Waals surface area contributed by atoms with Gasteiger partial charge in [0.05, 0.1) is 6.07 Å². The molecule has 41 heavy (non-hydrogen) atoms. The number of carbonyl (C=O) groups excluding carboxylic acids is 3. The first kappa shape index (κ1) is 30.9. The fourth-order valence-electron chi connectivity index (χ4n) is 4.51. The van der Waals surface area contributed by atoms with Crippen LogP contribution in [0.5, 0.6) is 0 Å². The van der Waals surface area contributed by atoms with Gasteiger partial charge < -0.3 is 20.3 Å². The predicted molar refractivity (Wildman–Crippen MR) is 159 cm³/mol. The van der Waals surface area contributed by atoms with E-state index in [1.54, 1.807) is 32.9 Å². The first-order valence-electron chi connectivity index (χ1n) is 13.5. The average Bonchev–Trinajstić information content (AvgIpc) is 2.91. The molecule has 0 aliphatic rings. The summed E-state index contributed by atoms with van der Waals surface area (Å²) in [5, 5.41) is 15.5. The highest BCUT2D eigenvalue weighted by Gasteiger charge is 2.37. The Balaban J connectivity index is 2.09. The number of hydrogen-bond donors (Lipinski definition) is 2. The molecule has 2 atom stereocenters. The number of nitrogens with zero attached hydrogens (tertiary/aromatic N) is 2. The van der Waals surface area contributed by atoms with Crippen molar-refractivity contribution in [3.05, 3.63) is 101 Å². The van der Waals surface area contributed by atoms with Crippen LogP contribution in [0.1, 0.15) is 54.6 Å². The van der Waals surface area contributed by atoms with Crippen LogP contribution >= 0.6 is 0 Å². The highest BCUT2D eigenvalue weighted by molar-refractivity contribution is 5.99. The summed E-state index contributed by atoms with van der Waals surface area (Å²) in [6.45, 7) is 10.5. The fourth-order valence-corrected chi connectivity index (χ4v) is 4.51. The van der Waals surface area contributed by atoms with Gasteiger partial charge >= 0.3 is 6.09 Å². The fraction of sp³-hybridized carbons (Fsp3) is 0.333. The average molecular weight is 555 g/mol. The summed E-state index contributed by atoms with van der Waals surface area (Å²) in [5.41, 5.74) is 3.82. The van der Waals surface area contributed by atoms with E-state index in [0.717, 1.165) is 22.3 Å². The second-order valence-corrected chi connectivity index (χ2v) is 11.0. The Morgan fingerprint density at radius 1 is 0.902 bits per heavy atom. The lowest BCUT2D eigenvalue weighted by Gasteiger charge is -2.34. The van der Waals surface area contributed by atoms with Crippen molar-refractivity contribution < 1.29 is 19.1 Å². The molecule has 0 spiro atoms. The van der Waals surface area contributed by atoms with Crippen LogP contribution < -0.4 is 10.6 Å². The number of para-hydroxylation sites is 1. The molecule has 3 amide bonds. The molecule has 3 rings (SSSR count). The Bertz CT molecular complexity index is 1420. The summed E-state index contributed by atoms with van der Waals surface area (Å²) in [7, 11) is 0. The zero-order valence-electron chi connectivity index (χ0n) is 24.5. The number of benzene rings is 3. The van der Waals surface area contributed by atoms with Gasteiger partial charge in [-0.25, -0.2) is 4.79 Å². The molecule has 0 aliphatic heterocycles. The first-order valence-corrected chi connectivity index (χ1v) is 13.5. The van der Waals surface area contributed by atoms with Gasteiger partial charge in [0.25, 0.3) is 5.91 Å². The molecule has 214 valence electrons. The number of alkyl carbamates (subject to hydrolysis) is 1. The molecule has 0 saturated carbocycles. The lowest BCUT2D eigenvalue weighted by atomic mass is 9.94. The van der Waals surface area contributed by atoms with Crippen LogP contribution in [0.25, 0.3) is 0 Å². The lowest BCUT2D eigenvalue weighted by Crippen LogP contribution is -2.53. The van der Waals surface area contributed by atoms with Crippen molar-refractivity contribution in [2.75, 3.05) is 11.9 Å². The van der Waals surface area contributed by atoms with Crippen molar-refractivity contribution in [1.82, 2.24) is 10.2 Å². The van der Waals surface area contributed by atoms with Crippen molar-refractivity contribution in [2.45, 2.75) is 65.6 Å². The Hall–Kier alpha value is -4.64. The van der Waals surface area contributed by atoms with Crippen LogP contribution in [0.2, 0.25) is 0 Å². The monoisotopic (exact) mass is 554 g/mol. The second-order valence-electron chi connectivity index (χ2n) is 11.0. The van der Waals surface area contributed by atoms with Gasteiger partial charge in [0.1, 0.15) is 24.2 Å². The number of nitriles is 1. The normalized spacial score (nSPS) is 12.4. The standard InChI is InChI=1S/C33H38N4O4/c1-22-14-12-17-26(24(22)3)29(30(38)35-27-18-11-10-13-23(27)2)37(20-19-34)31(39)28(21-25-15-8-7-9-16-25)36-32(40)41-33(4,5)6/h7-18,28-29H,20-21H2,1-6H3,(H,35,38)(H,36,40). The predicted octanol–water partition coefficient (Wildman–Crippen LogP) is 5.78. The summed E-state index contributed by atoms with van der Waals surface area (Å²) in [5.74, 6) is -1.04. The van der Waals surface area contributed by atoms with E-state index in [9.17, 15) is 19.6 Å². The zero-order chi connectivity index (χ0) is 30.2. The number of anilines is 1. The van der Waals surface area contributed by atoms with Gasteiger partial charge in [-0.15, -0.1) is 0 Å². The Morgan fingerprint density at radius 3 is 2.17 bits per heavy atom. The number of aryl methyl sites for hydroxylation is 2. The first-order chi connectivity index (χ1) is 19.4. The van der Waals surface area contributed by atoms with E-state index in [1.165, 1.54) is 4.90 Å². The highest BCUT2D eigenvalue weighted by Crippen LogP contribution is 2.29. The number of rotatable bonds is 9. The number of carbonyl (C=O) groups is 3. The van der Waals surface area contributed by atoms with Crippen LogP contribution in [0, 0.1) is 32.1 Å². The number of nitrogens with one attached hydrogen (secondary N) is 2. The molecule has 8 nitrogen and oxygen atoms in total. The minimum atomic E-state index is -1.14. The number of amides is 3. The van der Waals surface area contributed by atoms with Crippen LogP contribution in [-0.2, 0) is 20.7 Å². The third-order valence-corrected chi connectivity index (χ3v) is 6.70. The van der Waals surface area contributed by atoms with E-state index in [0.29, 0.717) is 11.3 Å². The molecule has 0 radical (unpaired) electrons. The smallest absolute Gasteiger partial charge is 0.408 e. The third kappa shape index (κ3) is 8.42. The van der Waals surface area contributed by atoms with Crippen LogP contribution in [0.3, 0.4) is 0 Å². The zero-order valence-corrected chi connectivity index (χ0v) is 24.5. The van der Waals surface area contributed by atoms with E-state index < -0.39 is 35.6 Å². The Morgan fingerprint density at radius 2 is 1.54 bits per heavy atom. The molecule has 0 heterocycles. The molecule has 0 aliphatic carbocycles. The molecular weight excluding hydrogens is 516 g/mol. The summed E-state index contributed by atoms with van der Waals surface area (Å²) in [4.78, 5) is 42.4. The molecule has 3 aromatic rings. The largest absolute Gasteiger partial charge is 0.444 e. The third-order valence-electron chi connectivity index (χ3n) is 6.70. The van der Waals surface area contributed by atoms with Crippen molar-refractivity contribution in [3.63, 3.8) is 0 Å². The maximum absolute atomic E-state index is 14.3. The van der Waals surface area contributed by atoms with Crippen molar-refractivity contribution in [2.24, 2.45) is 0 Å². The van der Waals surface area contributed by atoms with E-state index in [1.807, 2.05) is 81.4 Å². The summed E-state index contributed by atoms with van der Waals surface area (Å²) in [6.07, 6.45) is -0.629. The molecule has 0 saturated heterocycles. The number of ether oxygens (including phenoxy) is 1. The van der Waals surface area contributed by atoms with E-state index in [2.05, 4.69) is 16.7 Å².